The third-order valence-electron chi connectivity index (χ3n) is 7.10. The number of rotatable bonds is 1. The summed E-state index contributed by atoms with van der Waals surface area (Å²) in [5.41, 5.74) is 2.09. The lowest BCUT2D eigenvalue weighted by atomic mass is 9.60. The standard InChI is InChI=1S/C23H24FNO2/c1-21(2)23(26)10-5-9-22(23,3)17-12-16(18(24)13-19(17)25-21)14-6-4-7-20-15(14)8-11-27-20/h4,6-8,11-13,25-26H,5,9-10H2,1-3H3. The van der Waals surface area contributed by atoms with Crippen LogP contribution in [0.4, 0.5) is 10.1 Å². The van der Waals surface area contributed by atoms with Crippen LogP contribution in [0.5, 0.6) is 0 Å². The fraction of sp³-hybridized carbons (Fsp3) is 0.391. The van der Waals surface area contributed by atoms with Gasteiger partial charge in [-0.1, -0.05) is 19.1 Å². The van der Waals surface area contributed by atoms with Gasteiger partial charge >= 0.3 is 0 Å². The van der Waals surface area contributed by atoms with Crippen molar-refractivity contribution >= 4 is 16.7 Å². The van der Waals surface area contributed by atoms with Gasteiger partial charge in [-0.3, -0.25) is 0 Å². The maximum absolute atomic E-state index is 15.2. The van der Waals surface area contributed by atoms with Crippen LogP contribution >= 0.6 is 0 Å². The molecule has 140 valence electrons. The van der Waals surface area contributed by atoms with Gasteiger partial charge in [0.25, 0.3) is 0 Å². The third-order valence-corrected chi connectivity index (χ3v) is 7.10. The van der Waals surface area contributed by atoms with E-state index >= 15 is 4.39 Å². The van der Waals surface area contributed by atoms with Crippen LogP contribution < -0.4 is 5.32 Å². The molecular formula is C23H24FNO2. The van der Waals surface area contributed by atoms with Gasteiger partial charge in [-0.2, -0.15) is 0 Å². The van der Waals surface area contributed by atoms with Crippen molar-refractivity contribution in [2.45, 2.75) is 56.6 Å². The Bertz CT molecular complexity index is 1070. The van der Waals surface area contributed by atoms with Gasteiger partial charge in [-0.05, 0) is 68.5 Å². The second-order valence-electron chi connectivity index (χ2n) is 8.81. The number of furan rings is 1. The number of aliphatic hydroxyl groups is 1. The molecule has 2 N–H and O–H groups in total. The molecule has 5 rings (SSSR count). The number of hydrogen-bond donors (Lipinski definition) is 2. The lowest BCUT2D eigenvalue weighted by Gasteiger charge is -2.55. The van der Waals surface area contributed by atoms with E-state index in [4.69, 9.17) is 4.42 Å². The Balaban J connectivity index is 1.78. The maximum atomic E-state index is 15.2. The van der Waals surface area contributed by atoms with E-state index in [1.54, 1.807) is 12.3 Å². The Morgan fingerprint density at radius 1 is 1.07 bits per heavy atom. The summed E-state index contributed by atoms with van der Waals surface area (Å²) in [5.74, 6) is -0.266. The van der Waals surface area contributed by atoms with Crippen molar-refractivity contribution in [3.8, 4) is 11.1 Å². The molecule has 1 aliphatic carbocycles. The van der Waals surface area contributed by atoms with Crippen LogP contribution in [0.2, 0.25) is 0 Å². The summed E-state index contributed by atoms with van der Waals surface area (Å²) in [4.78, 5) is 0. The van der Waals surface area contributed by atoms with Crippen molar-refractivity contribution in [3.63, 3.8) is 0 Å². The van der Waals surface area contributed by atoms with Crippen molar-refractivity contribution in [1.82, 2.24) is 0 Å². The lowest BCUT2D eigenvalue weighted by Crippen LogP contribution is -2.65. The predicted octanol–water partition coefficient (Wildman–Crippen LogP) is 5.62. The van der Waals surface area contributed by atoms with Crippen LogP contribution in [0, 0.1) is 5.82 Å². The van der Waals surface area contributed by atoms with Gasteiger partial charge in [0, 0.05) is 22.1 Å². The number of benzene rings is 2. The monoisotopic (exact) mass is 365 g/mol. The molecule has 27 heavy (non-hydrogen) atoms. The molecule has 1 fully saturated rings. The first kappa shape index (κ1) is 16.8. The van der Waals surface area contributed by atoms with Crippen LogP contribution in [-0.4, -0.2) is 16.2 Å². The molecule has 3 aromatic rings. The molecule has 4 heteroatoms. The molecule has 0 saturated heterocycles. The molecule has 2 unspecified atom stereocenters. The van der Waals surface area contributed by atoms with Gasteiger partial charge in [-0.25, -0.2) is 4.39 Å². The van der Waals surface area contributed by atoms with E-state index in [0.717, 1.165) is 47.0 Å². The SMILES string of the molecule is CC1(C)Nc2cc(F)c(-c3cccc4occc34)cc2C2(C)CCCC12O. The first-order chi connectivity index (χ1) is 12.8. The second kappa shape index (κ2) is 5.14. The minimum absolute atomic E-state index is 0.266. The average molecular weight is 365 g/mol. The fourth-order valence-electron chi connectivity index (χ4n) is 5.55. The van der Waals surface area contributed by atoms with Crippen LogP contribution in [0.15, 0.2) is 47.1 Å². The van der Waals surface area contributed by atoms with Crippen LogP contribution in [0.3, 0.4) is 0 Å². The van der Waals surface area contributed by atoms with E-state index in [1.165, 1.54) is 0 Å². The first-order valence-corrected chi connectivity index (χ1v) is 9.58. The van der Waals surface area contributed by atoms with Crippen molar-refractivity contribution in [2.24, 2.45) is 0 Å². The molecule has 1 aliphatic heterocycles. The van der Waals surface area contributed by atoms with E-state index in [-0.39, 0.29) is 5.82 Å². The van der Waals surface area contributed by atoms with E-state index in [9.17, 15) is 5.11 Å². The van der Waals surface area contributed by atoms with Gasteiger partial charge in [-0.15, -0.1) is 0 Å². The van der Waals surface area contributed by atoms with E-state index in [2.05, 4.69) is 12.2 Å². The molecule has 0 spiro atoms. The van der Waals surface area contributed by atoms with Gasteiger partial charge in [0.15, 0.2) is 0 Å². The number of halogens is 1. The minimum atomic E-state index is -0.871. The molecule has 1 aromatic heterocycles. The van der Waals surface area contributed by atoms with Gasteiger partial charge in [0.2, 0.25) is 0 Å². The summed E-state index contributed by atoms with van der Waals surface area (Å²) in [6.07, 6.45) is 4.22. The molecule has 0 amide bonds. The molecular weight excluding hydrogens is 341 g/mol. The fourth-order valence-corrected chi connectivity index (χ4v) is 5.55. The third kappa shape index (κ3) is 1.99. The van der Waals surface area contributed by atoms with E-state index in [0.29, 0.717) is 5.56 Å². The van der Waals surface area contributed by atoms with E-state index < -0.39 is 16.6 Å². The lowest BCUT2D eigenvalue weighted by molar-refractivity contribution is -0.0628. The molecule has 0 bridgehead atoms. The average Bonchev–Trinajstić information content (AvgIpc) is 3.20. The molecule has 2 aromatic carbocycles. The minimum Gasteiger partial charge on any atom is -0.464 e. The second-order valence-corrected chi connectivity index (χ2v) is 8.81. The highest BCUT2D eigenvalue weighted by atomic mass is 19.1. The topological polar surface area (TPSA) is 45.4 Å². The van der Waals surface area contributed by atoms with Gasteiger partial charge in [0.1, 0.15) is 11.4 Å². The van der Waals surface area contributed by atoms with Crippen LogP contribution in [0.25, 0.3) is 22.1 Å². The molecule has 2 heterocycles. The number of nitrogens with one attached hydrogen (secondary N) is 1. The summed E-state index contributed by atoms with van der Waals surface area (Å²) in [5, 5.41) is 16.0. The largest absolute Gasteiger partial charge is 0.464 e. The van der Waals surface area contributed by atoms with E-state index in [1.807, 2.05) is 44.2 Å². The van der Waals surface area contributed by atoms with Crippen molar-refractivity contribution in [2.75, 3.05) is 5.32 Å². The summed E-state index contributed by atoms with van der Waals surface area (Å²) >= 11 is 0. The van der Waals surface area contributed by atoms with Crippen molar-refractivity contribution in [1.29, 1.82) is 0 Å². The van der Waals surface area contributed by atoms with Crippen molar-refractivity contribution < 1.29 is 13.9 Å². The number of anilines is 1. The highest BCUT2D eigenvalue weighted by Gasteiger charge is 2.62. The zero-order chi connectivity index (χ0) is 19.0. The molecule has 2 atom stereocenters. The Morgan fingerprint density at radius 3 is 2.70 bits per heavy atom. The number of hydrogen-bond acceptors (Lipinski definition) is 3. The predicted molar refractivity (Wildman–Crippen MR) is 105 cm³/mol. The van der Waals surface area contributed by atoms with Gasteiger partial charge in [0.05, 0.1) is 17.4 Å². The first-order valence-electron chi connectivity index (χ1n) is 9.58. The quantitative estimate of drug-likeness (QED) is 0.589. The summed E-state index contributed by atoms with van der Waals surface area (Å²) in [6, 6.07) is 11.1. The summed E-state index contributed by atoms with van der Waals surface area (Å²) in [7, 11) is 0. The Labute approximate surface area is 158 Å². The Hall–Kier alpha value is -2.33. The maximum Gasteiger partial charge on any atom is 0.134 e. The Kier molecular flexibility index (Phi) is 3.20. The highest BCUT2D eigenvalue weighted by Crippen LogP contribution is 2.59. The van der Waals surface area contributed by atoms with Crippen LogP contribution in [-0.2, 0) is 5.41 Å². The zero-order valence-corrected chi connectivity index (χ0v) is 15.9. The summed E-state index contributed by atoms with van der Waals surface area (Å²) in [6.45, 7) is 6.15. The number of fused-ring (bicyclic) bond motifs is 4. The molecule has 3 nitrogen and oxygen atoms in total. The molecule has 0 radical (unpaired) electrons. The summed E-state index contributed by atoms with van der Waals surface area (Å²) < 4.78 is 20.7. The van der Waals surface area contributed by atoms with Crippen LogP contribution in [0.1, 0.15) is 45.6 Å². The molecule has 2 aliphatic rings. The molecule has 1 saturated carbocycles. The zero-order valence-electron chi connectivity index (χ0n) is 15.9. The highest BCUT2D eigenvalue weighted by molar-refractivity contribution is 5.94. The van der Waals surface area contributed by atoms with Gasteiger partial charge < -0.3 is 14.8 Å². The smallest absolute Gasteiger partial charge is 0.134 e. The normalized spacial score (nSPS) is 28.6. The Morgan fingerprint density at radius 2 is 1.89 bits per heavy atom. The van der Waals surface area contributed by atoms with Crippen molar-refractivity contribution in [3.05, 3.63) is 54.0 Å².